The molecule has 0 saturated carbocycles. The predicted molar refractivity (Wildman–Crippen MR) is 227 cm³/mol. The molecule has 0 radical (unpaired) electrons. The molecular formula is C49H32N4S. The molecule has 0 fully saturated rings. The number of aromatic nitrogens is 4. The van der Waals surface area contributed by atoms with Gasteiger partial charge in [-0.25, -0.2) is 9.97 Å². The maximum absolute atomic E-state index is 5.42. The minimum Gasteiger partial charge on any atom is -0.309 e. The standard InChI is InChI=1S/C49H32N4S/c1-49(2)37-19-12-18-35-45(37)53(46-34-17-8-11-22-43(34)54-47(35)46)42-26-24-30(28-38(42)49)48-50-39-20-9-6-16-33(39)44(51-48)29-23-25-41-36(27-29)32-15-7-10-21-40(32)52(41)31-13-4-3-5-14-31/h3-28H,1-2H3. The van der Waals surface area contributed by atoms with Gasteiger partial charge in [0.25, 0.3) is 0 Å². The summed E-state index contributed by atoms with van der Waals surface area (Å²) in [5, 5.41) is 6.11. The number of fused-ring (bicyclic) bond motifs is 11. The van der Waals surface area contributed by atoms with Gasteiger partial charge in [0.15, 0.2) is 5.82 Å². The van der Waals surface area contributed by atoms with E-state index in [9.17, 15) is 0 Å². The van der Waals surface area contributed by atoms with E-state index >= 15 is 0 Å². The highest BCUT2D eigenvalue weighted by atomic mass is 32.1. The van der Waals surface area contributed by atoms with Crippen molar-refractivity contribution in [3.05, 3.63) is 169 Å². The van der Waals surface area contributed by atoms with Crippen LogP contribution in [-0.2, 0) is 5.41 Å². The van der Waals surface area contributed by atoms with Gasteiger partial charge < -0.3 is 9.13 Å². The lowest BCUT2D eigenvalue weighted by atomic mass is 9.74. The predicted octanol–water partition coefficient (Wildman–Crippen LogP) is 13.0. The molecule has 7 aromatic carbocycles. The summed E-state index contributed by atoms with van der Waals surface area (Å²) in [7, 11) is 0. The zero-order valence-corrected chi connectivity index (χ0v) is 30.5. The van der Waals surface area contributed by atoms with Crippen molar-refractivity contribution in [2.45, 2.75) is 19.3 Å². The molecule has 0 N–H and O–H groups in total. The number of hydrogen-bond donors (Lipinski definition) is 0. The monoisotopic (exact) mass is 708 g/mol. The van der Waals surface area contributed by atoms with Gasteiger partial charge in [-0.15, -0.1) is 11.3 Å². The highest BCUT2D eigenvalue weighted by Gasteiger charge is 2.36. The third-order valence-corrected chi connectivity index (χ3v) is 12.9. The molecule has 12 rings (SSSR count). The average Bonchev–Trinajstić information content (AvgIpc) is 3.87. The molecule has 4 aromatic heterocycles. The third kappa shape index (κ3) is 3.97. The largest absolute Gasteiger partial charge is 0.309 e. The van der Waals surface area contributed by atoms with Gasteiger partial charge in [0.05, 0.1) is 43.7 Å². The number of rotatable bonds is 3. The van der Waals surface area contributed by atoms with E-state index in [0.29, 0.717) is 0 Å². The topological polar surface area (TPSA) is 35.6 Å². The summed E-state index contributed by atoms with van der Waals surface area (Å²) in [4.78, 5) is 10.6. The fourth-order valence-electron chi connectivity index (χ4n) is 9.18. The van der Waals surface area contributed by atoms with Crippen LogP contribution in [0.25, 0.3) is 97.9 Å². The van der Waals surface area contributed by atoms with Crippen molar-refractivity contribution in [1.29, 1.82) is 0 Å². The van der Waals surface area contributed by atoms with Crippen LogP contribution in [0.2, 0.25) is 0 Å². The summed E-state index contributed by atoms with van der Waals surface area (Å²) in [6.07, 6.45) is 0. The molecule has 0 bridgehead atoms. The third-order valence-electron chi connectivity index (χ3n) is 11.7. The molecule has 4 nitrogen and oxygen atoms in total. The Balaban J connectivity index is 1.08. The summed E-state index contributed by atoms with van der Waals surface area (Å²) >= 11 is 1.90. The van der Waals surface area contributed by atoms with E-state index < -0.39 is 0 Å². The summed E-state index contributed by atoms with van der Waals surface area (Å²) in [6, 6.07) is 57.0. The van der Waals surface area contributed by atoms with E-state index in [2.05, 4.69) is 181 Å². The number of para-hydroxylation sites is 4. The van der Waals surface area contributed by atoms with Crippen molar-refractivity contribution in [3.63, 3.8) is 0 Å². The summed E-state index contributed by atoms with van der Waals surface area (Å²) < 4.78 is 7.56. The van der Waals surface area contributed by atoms with Crippen molar-refractivity contribution in [3.8, 4) is 34.0 Å². The second kappa shape index (κ2) is 10.8. The first kappa shape index (κ1) is 30.0. The summed E-state index contributed by atoms with van der Waals surface area (Å²) in [6.45, 7) is 4.72. The molecule has 0 unspecified atom stereocenters. The highest BCUT2D eigenvalue weighted by Crippen LogP contribution is 2.51. The molecule has 0 amide bonds. The molecule has 0 saturated heterocycles. The Morgan fingerprint density at radius 1 is 0.500 bits per heavy atom. The minimum atomic E-state index is -0.227. The number of hydrogen-bond acceptors (Lipinski definition) is 3. The fraction of sp³-hybridized carbons (Fsp3) is 0.0612. The van der Waals surface area contributed by atoms with Gasteiger partial charge in [-0.2, -0.15) is 0 Å². The first-order valence-corrected chi connectivity index (χ1v) is 19.3. The lowest BCUT2D eigenvalue weighted by Gasteiger charge is -2.35. The average molecular weight is 709 g/mol. The van der Waals surface area contributed by atoms with Crippen LogP contribution in [0.5, 0.6) is 0 Å². The Bertz CT molecular complexity index is 3360. The van der Waals surface area contributed by atoms with Crippen molar-refractivity contribution in [1.82, 2.24) is 19.1 Å². The van der Waals surface area contributed by atoms with Crippen LogP contribution in [0.3, 0.4) is 0 Å². The van der Waals surface area contributed by atoms with Crippen molar-refractivity contribution >= 4 is 75.3 Å². The van der Waals surface area contributed by atoms with Crippen molar-refractivity contribution < 1.29 is 0 Å². The summed E-state index contributed by atoms with van der Waals surface area (Å²) in [5.41, 5.74) is 13.7. The van der Waals surface area contributed by atoms with Gasteiger partial charge in [0.2, 0.25) is 0 Å². The number of nitrogens with zero attached hydrogens (tertiary/aromatic N) is 4. The maximum Gasteiger partial charge on any atom is 0.160 e. The Morgan fingerprint density at radius 3 is 2.11 bits per heavy atom. The number of thiophene rings is 1. The zero-order valence-electron chi connectivity index (χ0n) is 29.7. The summed E-state index contributed by atoms with van der Waals surface area (Å²) in [5.74, 6) is 0.733. The molecule has 1 aliphatic rings. The van der Waals surface area contributed by atoms with Gasteiger partial charge in [0.1, 0.15) is 0 Å². The molecule has 0 aliphatic carbocycles. The smallest absolute Gasteiger partial charge is 0.160 e. The van der Waals surface area contributed by atoms with E-state index in [1.165, 1.54) is 69.8 Å². The Kier molecular flexibility index (Phi) is 5.96. The van der Waals surface area contributed by atoms with Gasteiger partial charge in [-0.05, 0) is 71.8 Å². The normalized spacial score (nSPS) is 13.5. The van der Waals surface area contributed by atoms with Crippen LogP contribution in [0.15, 0.2) is 158 Å². The second-order valence-corrected chi connectivity index (χ2v) is 16.1. The molecule has 1 aliphatic heterocycles. The van der Waals surface area contributed by atoms with Gasteiger partial charge >= 0.3 is 0 Å². The Labute approximate surface area is 315 Å². The van der Waals surface area contributed by atoms with Gasteiger partial charge in [0, 0.05) is 53.9 Å². The van der Waals surface area contributed by atoms with Crippen LogP contribution in [-0.4, -0.2) is 19.1 Å². The molecule has 5 heteroatoms. The lowest BCUT2D eigenvalue weighted by molar-refractivity contribution is 0.630. The second-order valence-electron chi connectivity index (χ2n) is 15.0. The van der Waals surface area contributed by atoms with Gasteiger partial charge in [-0.1, -0.05) is 111 Å². The maximum atomic E-state index is 5.42. The van der Waals surface area contributed by atoms with Crippen LogP contribution < -0.4 is 0 Å². The molecule has 254 valence electrons. The lowest BCUT2D eigenvalue weighted by Crippen LogP contribution is -2.26. The Hall–Kier alpha value is -6.56. The molecule has 0 atom stereocenters. The van der Waals surface area contributed by atoms with E-state index in [4.69, 9.17) is 9.97 Å². The van der Waals surface area contributed by atoms with Crippen molar-refractivity contribution in [2.75, 3.05) is 0 Å². The van der Waals surface area contributed by atoms with Crippen LogP contribution in [0.4, 0.5) is 0 Å². The van der Waals surface area contributed by atoms with Crippen LogP contribution >= 0.6 is 11.3 Å². The van der Waals surface area contributed by atoms with Crippen molar-refractivity contribution in [2.24, 2.45) is 0 Å². The van der Waals surface area contributed by atoms with Gasteiger partial charge in [-0.3, -0.25) is 0 Å². The number of benzene rings is 7. The van der Waals surface area contributed by atoms with Crippen LogP contribution in [0, 0.1) is 0 Å². The molecule has 0 spiro atoms. The SMILES string of the molecule is CC1(C)c2cc(-c3nc(-c4ccc5c(c4)c4ccccc4n5-c4ccccc4)c4ccccc4n3)ccc2-n2c3c1cccc3c1sc3ccccc3c12. The molecule has 5 heterocycles. The molecule has 54 heavy (non-hydrogen) atoms. The van der Waals surface area contributed by atoms with E-state index in [-0.39, 0.29) is 5.41 Å². The quantitative estimate of drug-likeness (QED) is 0.183. The van der Waals surface area contributed by atoms with E-state index in [1.807, 2.05) is 11.3 Å². The zero-order chi connectivity index (χ0) is 35.7. The molecular weight excluding hydrogens is 677 g/mol. The van der Waals surface area contributed by atoms with E-state index in [1.54, 1.807) is 0 Å². The minimum absolute atomic E-state index is 0.227. The fourth-order valence-corrected chi connectivity index (χ4v) is 10.4. The van der Waals surface area contributed by atoms with E-state index in [0.717, 1.165) is 39.2 Å². The Morgan fingerprint density at radius 2 is 1.22 bits per heavy atom. The van der Waals surface area contributed by atoms with Crippen LogP contribution in [0.1, 0.15) is 25.0 Å². The first-order valence-electron chi connectivity index (χ1n) is 18.5. The molecule has 11 aromatic rings. The first-order chi connectivity index (χ1) is 26.5. The highest BCUT2D eigenvalue weighted by molar-refractivity contribution is 7.26.